The maximum atomic E-state index is 11.1. The minimum atomic E-state index is -0.582. The Morgan fingerprint density at radius 2 is 2.00 bits per heavy atom. The van der Waals surface area contributed by atoms with Crippen molar-refractivity contribution < 1.29 is 14.3 Å². The molecule has 1 amide bonds. The van der Waals surface area contributed by atoms with E-state index in [0.717, 1.165) is 0 Å². The van der Waals surface area contributed by atoms with Crippen LogP contribution in [0.3, 0.4) is 0 Å². The second-order valence-electron chi connectivity index (χ2n) is 3.54. The molecule has 0 radical (unpaired) electrons. The fourth-order valence-electron chi connectivity index (χ4n) is 0.560. The van der Waals surface area contributed by atoms with Crippen LogP contribution in [-0.4, -0.2) is 24.0 Å². The lowest BCUT2D eigenvalue weighted by molar-refractivity contribution is -0.157. The summed E-state index contributed by atoms with van der Waals surface area (Å²) in [6.07, 6.45) is 0.481. The van der Waals surface area contributed by atoms with E-state index in [9.17, 15) is 9.59 Å². The minimum Gasteiger partial charge on any atom is -0.458 e. The summed E-state index contributed by atoms with van der Waals surface area (Å²) in [5.41, 5.74) is -0.504. The third-order valence-electron chi connectivity index (χ3n) is 1.08. The second kappa shape index (κ2) is 4.09. The smallest absolute Gasteiger partial charge is 0.328 e. The lowest BCUT2D eigenvalue weighted by Gasteiger charge is -2.21. The van der Waals surface area contributed by atoms with E-state index in [0.29, 0.717) is 6.41 Å². The molecule has 12 heavy (non-hydrogen) atoms. The molecule has 0 bridgehead atoms. The molecule has 1 N–H and O–H groups in total. The molecule has 4 nitrogen and oxygen atoms in total. The molecule has 70 valence electrons. The van der Waals surface area contributed by atoms with Crippen molar-refractivity contribution in [3.05, 3.63) is 0 Å². The summed E-state index contributed by atoms with van der Waals surface area (Å²) in [6.45, 7) is 6.90. The molecule has 0 fully saturated rings. The first-order chi connectivity index (χ1) is 5.37. The number of hydrogen-bond donors (Lipinski definition) is 1. The number of nitrogens with one attached hydrogen (secondary N) is 1. The Hall–Kier alpha value is -1.06. The summed E-state index contributed by atoms with van der Waals surface area (Å²) in [4.78, 5) is 21.1. The van der Waals surface area contributed by atoms with Crippen molar-refractivity contribution in [2.75, 3.05) is 0 Å². The fraction of sp³-hybridized carbons (Fsp3) is 0.750. The van der Waals surface area contributed by atoms with Crippen molar-refractivity contribution in [2.45, 2.75) is 39.3 Å². The number of carbonyl (C=O) groups excluding carboxylic acids is 2. The van der Waals surface area contributed by atoms with E-state index >= 15 is 0 Å². The molecule has 0 aromatic carbocycles. The highest BCUT2D eigenvalue weighted by atomic mass is 16.6. The molecule has 0 aliphatic rings. The van der Waals surface area contributed by atoms with E-state index in [1.807, 2.05) is 0 Å². The van der Waals surface area contributed by atoms with E-state index in [1.165, 1.54) is 0 Å². The van der Waals surface area contributed by atoms with Gasteiger partial charge in [0, 0.05) is 0 Å². The number of esters is 1. The molecule has 1 atom stereocenters. The Morgan fingerprint density at radius 1 is 1.50 bits per heavy atom. The zero-order valence-corrected chi connectivity index (χ0v) is 7.88. The molecule has 0 heterocycles. The zero-order valence-electron chi connectivity index (χ0n) is 7.88. The van der Waals surface area contributed by atoms with Gasteiger partial charge in [-0.1, -0.05) is 0 Å². The van der Waals surface area contributed by atoms with Gasteiger partial charge < -0.3 is 10.1 Å². The van der Waals surface area contributed by atoms with Gasteiger partial charge >= 0.3 is 5.97 Å². The highest BCUT2D eigenvalue weighted by molar-refractivity contribution is 5.77. The van der Waals surface area contributed by atoms with Crippen LogP contribution in [0, 0.1) is 0 Å². The summed E-state index contributed by atoms with van der Waals surface area (Å²) in [7, 11) is 0. The number of ether oxygens (including phenoxy) is 1. The standard InChI is InChI=1S/C8H15NO3/c1-6(9-5-10)7(11)12-8(2,3)4/h5-6H,1-4H3,(H,9,10)/t6-/m0/s1. The zero-order chi connectivity index (χ0) is 9.78. The topological polar surface area (TPSA) is 55.4 Å². The van der Waals surface area contributed by atoms with Crippen LogP contribution >= 0.6 is 0 Å². The van der Waals surface area contributed by atoms with E-state index < -0.39 is 17.6 Å². The monoisotopic (exact) mass is 173 g/mol. The van der Waals surface area contributed by atoms with Crippen LogP contribution in [0.25, 0.3) is 0 Å². The van der Waals surface area contributed by atoms with E-state index in [1.54, 1.807) is 27.7 Å². The highest BCUT2D eigenvalue weighted by Gasteiger charge is 2.20. The molecule has 4 heteroatoms. The van der Waals surface area contributed by atoms with Gasteiger partial charge in [0.05, 0.1) is 0 Å². The van der Waals surface area contributed by atoms with Crippen LogP contribution in [0.15, 0.2) is 0 Å². The van der Waals surface area contributed by atoms with E-state index in [-0.39, 0.29) is 0 Å². The van der Waals surface area contributed by atoms with Crippen molar-refractivity contribution in [3.8, 4) is 0 Å². The Balaban J connectivity index is 3.95. The van der Waals surface area contributed by atoms with Crippen LogP contribution < -0.4 is 5.32 Å². The molecule has 0 aromatic rings. The van der Waals surface area contributed by atoms with Gasteiger partial charge in [0.15, 0.2) is 0 Å². The average molecular weight is 173 g/mol. The van der Waals surface area contributed by atoms with Gasteiger partial charge in [0.1, 0.15) is 11.6 Å². The van der Waals surface area contributed by atoms with Gasteiger partial charge in [-0.15, -0.1) is 0 Å². The number of rotatable bonds is 3. The summed E-state index contributed by atoms with van der Waals surface area (Å²) in [6, 6.07) is -0.582. The molecule has 0 aromatic heterocycles. The maximum absolute atomic E-state index is 11.1. The molecule has 0 aliphatic heterocycles. The van der Waals surface area contributed by atoms with Crippen LogP contribution in [-0.2, 0) is 14.3 Å². The Bertz CT molecular complexity index is 172. The van der Waals surface area contributed by atoms with Gasteiger partial charge in [0.25, 0.3) is 0 Å². The highest BCUT2D eigenvalue weighted by Crippen LogP contribution is 2.07. The van der Waals surface area contributed by atoms with E-state index in [2.05, 4.69) is 5.32 Å². The molecule has 0 rings (SSSR count). The first-order valence-corrected chi connectivity index (χ1v) is 3.79. The predicted octanol–water partition coefficient (Wildman–Crippen LogP) is 0.463. The summed E-state index contributed by atoms with van der Waals surface area (Å²) in [5, 5.41) is 2.31. The van der Waals surface area contributed by atoms with E-state index in [4.69, 9.17) is 4.74 Å². The normalized spacial score (nSPS) is 13.3. The molecule has 0 saturated heterocycles. The molecular weight excluding hydrogens is 158 g/mol. The van der Waals surface area contributed by atoms with Crippen molar-refractivity contribution in [2.24, 2.45) is 0 Å². The number of hydrogen-bond acceptors (Lipinski definition) is 3. The Kier molecular flexibility index (Phi) is 3.73. The van der Waals surface area contributed by atoms with Gasteiger partial charge in [-0.05, 0) is 27.7 Å². The van der Waals surface area contributed by atoms with Crippen molar-refractivity contribution in [1.82, 2.24) is 5.32 Å². The Morgan fingerprint density at radius 3 is 2.33 bits per heavy atom. The first-order valence-electron chi connectivity index (χ1n) is 3.79. The predicted molar refractivity (Wildman–Crippen MR) is 44.5 cm³/mol. The molecule has 0 saturated carbocycles. The van der Waals surface area contributed by atoms with Crippen LogP contribution in [0.4, 0.5) is 0 Å². The number of amides is 1. The minimum absolute atomic E-state index is 0.422. The van der Waals surface area contributed by atoms with Gasteiger partial charge in [-0.2, -0.15) is 0 Å². The maximum Gasteiger partial charge on any atom is 0.328 e. The summed E-state index contributed by atoms with van der Waals surface area (Å²) >= 11 is 0. The first kappa shape index (κ1) is 10.9. The van der Waals surface area contributed by atoms with Crippen molar-refractivity contribution >= 4 is 12.4 Å². The van der Waals surface area contributed by atoms with Crippen LogP contribution in [0.1, 0.15) is 27.7 Å². The quantitative estimate of drug-likeness (QED) is 0.498. The lowest BCUT2D eigenvalue weighted by Crippen LogP contribution is -2.38. The molecule has 0 unspecified atom stereocenters. The summed E-state index contributed by atoms with van der Waals surface area (Å²) < 4.78 is 4.99. The van der Waals surface area contributed by atoms with Crippen LogP contribution in [0.2, 0.25) is 0 Å². The third kappa shape index (κ3) is 4.71. The average Bonchev–Trinajstić information content (AvgIpc) is 1.84. The largest absolute Gasteiger partial charge is 0.458 e. The lowest BCUT2D eigenvalue weighted by atomic mass is 10.2. The molecule has 0 aliphatic carbocycles. The second-order valence-corrected chi connectivity index (χ2v) is 3.54. The molecular formula is C8H15NO3. The third-order valence-corrected chi connectivity index (χ3v) is 1.08. The SMILES string of the molecule is C[C@H](NC=O)C(=O)OC(C)(C)C. The number of carbonyl (C=O) groups is 2. The van der Waals surface area contributed by atoms with Crippen LogP contribution in [0.5, 0.6) is 0 Å². The summed E-state index contributed by atoms with van der Waals surface area (Å²) in [5.74, 6) is -0.422. The Labute approximate surface area is 72.3 Å². The van der Waals surface area contributed by atoms with Gasteiger partial charge in [-0.3, -0.25) is 4.79 Å². The molecule has 0 spiro atoms. The van der Waals surface area contributed by atoms with Gasteiger partial charge in [0.2, 0.25) is 6.41 Å². The van der Waals surface area contributed by atoms with Crippen molar-refractivity contribution in [1.29, 1.82) is 0 Å². The fourth-order valence-corrected chi connectivity index (χ4v) is 0.560. The van der Waals surface area contributed by atoms with Gasteiger partial charge in [-0.25, -0.2) is 4.79 Å². The van der Waals surface area contributed by atoms with Crippen molar-refractivity contribution in [3.63, 3.8) is 0 Å².